The fraction of sp³-hybridized carbons (Fsp3) is 0.312. The monoisotopic (exact) mass is 657 g/mol. The van der Waals surface area contributed by atoms with Crippen LogP contribution in [0.25, 0.3) is 22.3 Å². The molecule has 1 unspecified atom stereocenters. The number of nitrogens with one attached hydrogen (secondary N) is 2. The van der Waals surface area contributed by atoms with Crippen LogP contribution in [-0.4, -0.2) is 67.8 Å². The van der Waals surface area contributed by atoms with Crippen LogP contribution in [-0.2, 0) is 20.9 Å². The Balaban J connectivity index is 1.62. The van der Waals surface area contributed by atoms with Crippen LogP contribution in [0, 0.1) is 17.2 Å². The molecule has 4 N–H and O–H groups in total. The number of carbonyl (C=O) groups is 4. The first-order chi connectivity index (χ1) is 21.2. The Hall–Kier alpha value is -4.19. The Morgan fingerprint density at radius 3 is 2.31 bits per heavy atom. The molecule has 0 aromatic heterocycles. The van der Waals surface area contributed by atoms with Gasteiger partial charge in [0.25, 0.3) is 0 Å². The Bertz CT molecular complexity index is 1680. The average molecular weight is 659 g/mol. The van der Waals surface area contributed by atoms with Gasteiger partial charge in [-0.05, 0) is 37.6 Å². The molecule has 5 amide bonds. The lowest BCUT2D eigenvalue weighted by molar-refractivity contribution is -0.140. The summed E-state index contributed by atoms with van der Waals surface area (Å²) in [4.78, 5) is 51.6. The van der Waals surface area contributed by atoms with E-state index >= 15 is 4.39 Å². The summed E-state index contributed by atoms with van der Waals surface area (Å²) < 4.78 is 20.9. The van der Waals surface area contributed by atoms with Crippen LogP contribution in [0.4, 0.5) is 14.9 Å². The second-order valence-corrected chi connectivity index (χ2v) is 12.2. The number of methoxy groups -OCH3 is 1. The molecule has 45 heavy (non-hydrogen) atoms. The molecule has 238 valence electrons. The molecule has 0 spiro atoms. The molecule has 13 heteroatoms. The highest BCUT2D eigenvalue weighted by atomic mass is 35.5. The minimum Gasteiger partial charge on any atom is -0.496 e. The number of hydrogen-bond acceptors (Lipinski definition) is 6. The zero-order valence-electron chi connectivity index (χ0n) is 25.5. The zero-order valence-corrected chi connectivity index (χ0v) is 27.0. The predicted octanol–water partition coefficient (Wildman–Crippen LogP) is 5.15. The molecule has 1 aliphatic heterocycles. The van der Waals surface area contributed by atoms with Gasteiger partial charge in [-0.3, -0.25) is 19.3 Å². The van der Waals surface area contributed by atoms with Crippen molar-refractivity contribution >= 4 is 52.6 Å². The number of anilines is 1. The van der Waals surface area contributed by atoms with Gasteiger partial charge in [0, 0.05) is 56.0 Å². The van der Waals surface area contributed by atoms with Crippen LogP contribution in [0.3, 0.4) is 0 Å². The van der Waals surface area contributed by atoms with Gasteiger partial charge in [0.15, 0.2) is 0 Å². The number of nitrogens with two attached hydrogens (primary N) is 1. The number of benzene rings is 3. The molecule has 0 saturated carbocycles. The average Bonchev–Trinajstić information content (AvgIpc) is 2.99. The molecule has 1 fully saturated rings. The summed E-state index contributed by atoms with van der Waals surface area (Å²) in [6, 6.07) is 12.7. The number of carbonyl (C=O) groups excluding carboxylic acids is 4. The number of primary amides is 1. The standard InChI is InChI=1S/C32H34Cl2FN5O5/c1-32(2,30(36)43)16-37-14-21-23(35)12-17(13-25(21)45-5)18-8-6-9-19(26(18)33)20-10-7-11-24(27(20)34)38-28(41)22-15-39(3)31(44)40(4)29(22)42/h6-13,22,37H,14-16H2,1-5H3,(H2,36,43)(H,38,41). The van der Waals surface area contributed by atoms with Crippen molar-refractivity contribution in [2.75, 3.05) is 39.6 Å². The third kappa shape index (κ3) is 6.90. The number of imide groups is 1. The van der Waals surface area contributed by atoms with E-state index in [0.29, 0.717) is 22.3 Å². The fourth-order valence-corrected chi connectivity index (χ4v) is 5.55. The van der Waals surface area contributed by atoms with Crippen LogP contribution >= 0.6 is 23.2 Å². The third-order valence-electron chi connectivity index (χ3n) is 7.78. The molecule has 0 aliphatic carbocycles. The minimum atomic E-state index is -1.11. The summed E-state index contributed by atoms with van der Waals surface area (Å²) in [5, 5.41) is 6.23. The van der Waals surface area contributed by atoms with Gasteiger partial charge in [0.2, 0.25) is 17.7 Å². The predicted molar refractivity (Wildman–Crippen MR) is 171 cm³/mol. The molecular formula is C32H34Cl2FN5O5. The van der Waals surface area contributed by atoms with Crippen molar-refractivity contribution in [3.05, 3.63) is 70.0 Å². The number of halogens is 3. The lowest BCUT2D eigenvalue weighted by atomic mass is 9.92. The lowest BCUT2D eigenvalue weighted by Crippen LogP contribution is -2.56. The molecular weight excluding hydrogens is 624 g/mol. The highest BCUT2D eigenvalue weighted by Crippen LogP contribution is 2.42. The van der Waals surface area contributed by atoms with Crippen molar-refractivity contribution in [2.24, 2.45) is 17.1 Å². The van der Waals surface area contributed by atoms with Gasteiger partial charge in [-0.1, -0.05) is 53.5 Å². The van der Waals surface area contributed by atoms with Crippen LogP contribution in [0.1, 0.15) is 19.4 Å². The maximum absolute atomic E-state index is 15.4. The van der Waals surface area contributed by atoms with Crippen LogP contribution in [0.2, 0.25) is 10.0 Å². The van der Waals surface area contributed by atoms with Gasteiger partial charge >= 0.3 is 6.03 Å². The molecule has 1 atom stereocenters. The molecule has 1 heterocycles. The zero-order chi connectivity index (χ0) is 33.2. The number of ether oxygens (including phenoxy) is 1. The molecule has 3 aromatic rings. The smallest absolute Gasteiger partial charge is 0.326 e. The number of hydrogen-bond donors (Lipinski definition) is 3. The SMILES string of the molecule is COc1cc(-c2cccc(-c3cccc(NC(=O)C4CN(C)C(=O)N(C)C4=O)c3Cl)c2Cl)cc(F)c1CNCC(C)(C)C(N)=O. The van der Waals surface area contributed by atoms with Gasteiger partial charge in [0.1, 0.15) is 17.5 Å². The summed E-state index contributed by atoms with van der Waals surface area (Å²) in [7, 11) is 4.26. The van der Waals surface area contributed by atoms with Crippen LogP contribution in [0.5, 0.6) is 5.75 Å². The summed E-state index contributed by atoms with van der Waals surface area (Å²) in [5.41, 5.74) is 7.12. The third-order valence-corrected chi connectivity index (χ3v) is 8.60. The summed E-state index contributed by atoms with van der Waals surface area (Å²) in [6.45, 7) is 3.67. The van der Waals surface area contributed by atoms with Crippen molar-refractivity contribution in [1.82, 2.24) is 15.1 Å². The fourth-order valence-electron chi connectivity index (χ4n) is 4.94. The number of rotatable bonds is 10. The molecule has 1 aliphatic rings. The van der Waals surface area contributed by atoms with Crippen molar-refractivity contribution < 1.29 is 28.3 Å². The second-order valence-electron chi connectivity index (χ2n) is 11.4. The summed E-state index contributed by atoms with van der Waals surface area (Å²) in [6.07, 6.45) is 0. The lowest BCUT2D eigenvalue weighted by Gasteiger charge is -2.33. The number of amides is 5. The van der Waals surface area contributed by atoms with E-state index < -0.39 is 40.9 Å². The molecule has 0 radical (unpaired) electrons. The molecule has 3 aromatic carbocycles. The summed E-state index contributed by atoms with van der Waals surface area (Å²) in [5.74, 6) is -3.06. The van der Waals surface area contributed by atoms with E-state index in [1.54, 1.807) is 56.3 Å². The highest BCUT2D eigenvalue weighted by molar-refractivity contribution is 6.39. The topological polar surface area (TPSA) is 134 Å². The van der Waals surface area contributed by atoms with E-state index in [4.69, 9.17) is 33.7 Å². The first-order valence-electron chi connectivity index (χ1n) is 14.0. The minimum absolute atomic E-state index is 0.0702. The second kappa shape index (κ2) is 13.4. The van der Waals surface area contributed by atoms with Crippen molar-refractivity contribution in [3.8, 4) is 28.0 Å². The van der Waals surface area contributed by atoms with E-state index in [1.165, 1.54) is 32.2 Å². The normalized spacial score (nSPS) is 15.3. The van der Waals surface area contributed by atoms with Crippen LogP contribution in [0.15, 0.2) is 48.5 Å². The van der Waals surface area contributed by atoms with Crippen molar-refractivity contribution in [1.29, 1.82) is 0 Å². The van der Waals surface area contributed by atoms with E-state index in [-0.39, 0.29) is 46.7 Å². The van der Waals surface area contributed by atoms with E-state index in [2.05, 4.69) is 10.6 Å². The Morgan fingerprint density at radius 1 is 1.04 bits per heavy atom. The van der Waals surface area contributed by atoms with Crippen LogP contribution < -0.4 is 21.1 Å². The Morgan fingerprint density at radius 2 is 1.67 bits per heavy atom. The van der Waals surface area contributed by atoms with Crippen molar-refractivity contribution in [2.45, 2.75) is 20.4 Å². The van der Waals surface area contributed by atoms with E-state index in [0.717, 1.165) is 4.90 Å². The van der Waals surface area contributed by atoms with Crippen molar-refractivity contribution in [3.63, 3.8) is 0 Å². The maximum Gasteiger partial charge on any atom is 0.326 e. The first kappa shape index (κ1) is 33.7. The molecule has 0 bridgehead atoms. The van der Waals surface area contributed by atoms with Gasteiger partial charge in [-0.2, -0.15) is 0 Å². The van der Waals surface area contributed by atoms with Gasteiger partial charge in [-0.25, -0.2) is 9.18 Å². The molecule has 10 nitrogen and oxygen atoms in total. The first-order valence-corrected chi connectivity index (χ1v) is 14.7. The Labute approximate surface area is 270 Å². The van der Waals surface area contributed by atoms with E-state index in [9.17, 15) is 19.2 Å². The molecule has 4 rings (SSSR count). The van der Waals surface area contributed by atoms with Gasteiger partial charge < -0.3 is 26.0 Å². The number of urea groups is 1. The van der Waals surface area contributed by atoms with Gasteiger partial charge in [-0.15, -0.1) is 0 Å². The maximum atomic E-state index is 15.4. The highest BCUT2D eigenvalue weighted by Gasteiger charge is 2.39. The van der Waals surface area contributed by atoms with Gasteiger partial charge in [0.05, 0.1) is 28.3 Å². The quantitative estimate of drug-likeness (QED) is 0.258. The summed E-state index contributed by atoms with van der Waals surface area (Å²) >= 11 is 13.7. The molecule has 1 saturated heterocycles. The largest absolute Gasteiger partial charge is 0.496 e. The van der Waals surface area contributed by atoms with E-state index in [1.807, 2.05) is 0 Å². The Kier molecular flexibility index (Phi) is 10.1. The number of nitrogens with zero attached hydrogens (tertiary/aromatic N) is 2.